The van der Waals surface area contributed by atoms with Crippen molar-refractivity contribution >= 4 is 23.2 Å². The van der Waals surface area contributed by atoms with Crippen molar-refractivity contribution in [3.63, 3.8) is 0 Å². The predicted octanol–water partition coefficient (Wildman–Crippen LogP) is 3.89. The Morgan fingerprint density at radius 3 is 1.22 bits per heavy atom. The third kappa shape index (κ3) is 2.67. The van der Waals surface area contributed by atoms with E-state index in [0.29, 0.717) is 0 Å². The molecule has 0 spiro atoms. The molecule has 112 valence electrons. The zero-order chi connectivity index (χ0) is 16.1. The fourth-order valence-corrected chi connectivity index (χ4v) is 7.53. The van der Waals surface area contributed by atoms with Crippen molar-refractivity contribution in [3.05, 3.63) is 91.0 Å². The number of hydrogen-bond donors (Lipinski definition) is 0. The summed E-state index contributed by atoms with van der Waals surface area (Å²) in [6, 6.07) is 34.1. The smallest absolute Gasteiger partial charge is 0.166 e. The van der Waals surface area contributed by atoms with Crippen LogP contribution in [0, 0.1) is 11.3 Å². The Labute approximate surface area is 138 Å². The molecule has 0 aliphatic carbocycles. The highest BCUT2D eigenvalue weighted by molar-refractivity contribution is 7.96. The number of hydrogen-bond acceptors (Lipinski definition) is 1. The van der Waals surface area contributed by atoms with Gasteiger partial charge in [-0.2, -0.15) is 5.26 Å². The van der Waals surface area contributed by atoms with Crippen LogP contribution in [-0.4, -0.2) is 5.66 Å². The van der Waals surface area contributed by atoms with Crippen molar-refractivity contribution < 1.29 is 0 Å². The summed E-state index contributed by atoms with van der Waals surface area (Å²) in [5, 5.41) is 13.6. The van der Waals surface area contributed by atoms with Gasteiger partial charge in [0, 0.05) is 0 Å². The Bertz CT molecular complexity index is 695. The molecule has 0 fully saturated rings. The first-order valence-electron chi connectivity index (χ1n) is 7.75. The summed E-state index contributed by atoms with van der Waals surface area (Å²) in [5.41, 5.74) is -0.0882. The lowest BCUT2D eigenvalue weighted by molar-refractivity contribution is 1.22. The maximum Gasteiger partial charge on any atom is 0.166 e. The fraction of sp³-hybridized carbons (Fsp3) is 0.0952. The van der Waals surface area contributed by atoms with E-state index in [2.05, 4.69) is 85.8 Å². The van der Waals surface area contributed by atoms with Crippen molar-refractivity contribution in [2.75, 3.05) is 0 Å². The number of nitriles is 1. The first kappa shape index (κ1) is 15.5. The van der Waals surface area contributed by atoms with Crippen LogP contribution in [0.5, 0.6) is 0 Å². The number of rotatable bonds is 4. The van der Waals surface area contributed by atoms with Gasteiger partial charge >= 0.3 is 0 Å². The second kappa shape index (κ2) is 6.78. The van der Waals surface area contributed by atoms with Crippen molar-refractivity contribution in [2.45, 2.75) is 12.6 Å². The molecular formula is C21H19NP+. The van der Waals surface area contributed by atoms with E-state index in [1.54, 1.807) is 0 Å². The molecule has 1 atom stereocenters. The molecule has 0 aliphatic rings. The van der Waals surface area contributed by atoms with Gasteiger partial charge < -0.3 is 0 Å². The molecule has 0 saturated heterocycles. The van der Waals surface area contributed by atoms with Gasteiger partial charge in [0.2, 0.25) is 0 Å². The molecule has 3 aromatic rings. The van der Waals surface area contributed by atoms with E-state index >= 15 is 0 Å². The summed E-state index contributed by atoms with van der Waals surface area (Å²) in [6.45, 7) is 2.06. The van der Waals surface area contributed by atoms with Crippen molar-refractivity contribution in [3.8, 4) is 6.07 Å². The highest BCUT2D eigenvalue weighted by atomic mass is 31.2. The van der Waals surface area contributed by atoms with Gasteiger partial charge in [0.15, 0.2) is 5.66 Å². The van der Waals surface area contributed by atoms with Gasteiger partial charge in [0.25, 0.3) is 0 Å². The van der Waals surface area contributed by atoms with Crippen molar-refractivity contribution in [1.82, 2.24) is 0 Å². The maximum absolute atomic E-state index is 9.83. The molecule has 0 bridgehead atoms. The maximum atomic E-state index is 9.83. The molecule has 1 unspecified atom stereocenters. The summed E-state index contributed by atoms with van der Waals surface area (Å²) < 4.78 is 0. The van der Waals surface area contributed by atoms with Crippen LogP contribution in [0.1, 0.15) is 6.92 Å². The van der Waals surface area contributed by atoms with Crippen LogP contribution in [0.3, 0.4) is 0 Å². The minimum Gasteiger partial charge on any atom is -0.194 e. The van der Waals surface area contributed by atoms with Crippen molar-refractivity contribution in [2.24, 2.45) is 0 Å². The van der Waals surface area contributed by atoms with Gasteiger partial charge in [-0.3, -0.25) is 0 Å². The van der Waals surface area contributed by atoms with E-state index in [9.17, 15) is 5.26 Å². The molecule has 0 N–H and O–H groups in total. The first-order chi connectivity index (χ1) is 11.3. The van der Waals surface area contributed by atoms with Crippen LogP contribution < -0.4 is 15.9 Å². The van der Waals surface area contributed by atoms with Gasteiger partial charge in [-0.15, -0.1) is 0 Å². The Balaban J connectivity index is 2.38. The van der Waals surface area contributed by atoms with Gasteiger partial charge in [-0.25, -0.2) is 0 Å². The molecule has 23 heavy (non-hydrogen) atoms. The van der Waals surface area contributed by atoms with Crippen LogP contribution in [-0.2, 0) is 0 Å². The zero-order valence-corrected chi connectivity index (χ0v) is 14.0. The summed E-state index contributed by atoms with van der Waals surface area (Å²) in [7, 11) is -2.01. The number of benzene rings is 3. The van der Waals surface area contributed by atoms with Crippen LogP contribution in [0.4, 0.5) is 0 Å². The highest BCUT2D eigenvalue weighted by Gasteiger charge is 2.50. The molecule has 3 rings (SSSR count). The zero-order valence-electron chi connectivity index (χ0n) is 13.1. The lowest BCUT2D eigenvalue weighted by Crippen LogP contribution is -2.37. The van der Waals surface area contributed by atoms with Gasteiger partial charge in [-0.1, -0.05) is 54.6 Å². The quantitative estimate of drug-likeness (QED) is 0.670. The third-order valence-electron chi connectivity index (χ3n) is 4.26. The topological polar surface area (TPSA) is 23.8 Å². The Kier molecular flexibility index (Phi) is 4.56. The third-order valence-corrected chi connectivity index (χ3v) is 8.87. The van der Waals surface area contributed by atoms with Crippen LogP contribution in [0.25, 0.3) is 0 Å². The standard InChI is InChI=1S/C21H19NP/c1-18(17-22)23(19-11-5-2-6-12-19,20-13-7-3-8-14-20)21-15-9-4-10-16-21/h2-16,18H,1H3/q+1. The summed E-state index contributed by atoms with van der Waals surface area (Å²) in [5.74, 6) is 0. The van der Waals surface area contributed by atoms with Crippen molar-refractivity contribution in [1.29, 1.82) is 5.26 Å². The first-order valence-corrected chi connectivity index (χ1v) is 9.61. The molecule has 0 saturated carbocycles. The predicted molar refractivity (Wildman–Crippen MR) is 100 cm³/mol. The van der Waals surface area contributed by atoms with E-state index in [4.69, 9.17) is 0 Å². The second-order valence-corrected chi connectivity index (χ2v) is 9.30. The Morgan fingerprint density at radius 2 is 0.957 bits per heavy atom. The lowest BCUT2D eigenvalue weighted by atomic mass is 10.3. The number of nitrogens with zero attached hydrogens (tertiary/aromatic N) is 1. The second-order valence-electron chi connectivity index (χ2n) is 5.53. The molecule has 1 nitrogen and oxygen atoms in total. The van der Waals surface area contributed by atoms with Crippen LogP contribution >= 0.6 is 7.26 Å². The molecule has 3 aromatic carbocycles. The van der Waals surface area contributed by atoms with E-state index in [-0.39, 0.29) is 5.66 Å². The van der Waals surface area contributed by atoms with E-state index in [1.807, 2.05) is 18.2 Å². The van der Waals surface area contributed by atoms with Crippen LogP contribution in [0.2, 0.25) is 0 Å². The van der Waals surface area contributed by atoms with Gasteiger partial charge in [-0.05, 0) is 43.3 Å². The average molecular weight is 316 g/mol. The van der Waals surface area contributed by atoms with Gasteiger partial charge in [0.05, 0.1) is 0 Å². The minimum absolute atomic E-state index is 0.0882. The monoisotopic (exact) mass is 316 g/mol. The fourth-order valence-electron chi connectivity index (χ4n) is 3.19. The van der Waals surface area contributed by atoms with Crippen LogP contribution in [0.15, 0.2) is 91.0 Å². The molecule has 0 amide bonds. The molecule has 0 heterocycles. The Hall–Kier alpha value is -2.42. The Morgan fingerprint density at radius 1 is 0.652 bits per heavy atom. The van der Waals surface area contributed by atoms with Gasteiger partial charge in [0.1, 0.15) is 29.2 Å². The molecule has 0 aliphatic heterocycles. The molecular weight excluding hydrogens is 297 g/mol. The normalized spacial score (nSPS) is 12.3. The minimum atomic E-state index is -2.01. The highest BCUT2D eigenvalue weighted by Crippen LogP contribution is 2.59. The lowest BCUT2D eigenvalue weighted by Gasteiger charge is -2.29. The SMILES string of the molecule is CC(C#N)[P+](c1ccccc1)(c1ccccc1)c1ccccc1. The van der Waals surface area contributed by atoms with E-state index in [0.717, 1.165) is 0 Å². The van der Waals surface area contributed by atoms with E-state index < -0.39 is 7.26 Å². The summed E-state index contributed by atoms with van der Waals surface area (Å²) >= 11 is 0. The molecule has 2 heteroatoms. The average Bonchev–Trinajstić information content (AvgIpc) is 2.65. The summed E-state index contributed by atoms with van der Waals surface area (Å²) in [6.07, 6.45) is 0. The molecule has 0 radical (unpaired) electrons. The summed E-state index contributed by atoms with van der Waals surface area (Å²) in [4.78, 5) is 0. The van der Waals surface area contributed by atoms with E-state index in [1.165, 1.54) is 15.9 Å². The largest absolute Gasteiger partial charge is 0.194 e. The molecule has 0 aromatic heterocycles.